The van der Waals surface area contributed by atoms with Gasteiger partial charge in [-0.2, -0.15) is 0 Å². The third kappa shape index (κ3) is 4.63. The van der Waals surface area contributed by atoms with Crippen LogP contribution in [0.2, 0.25) is 0 Å². The lowest BCUT2D eigenvalue weighted by Crippen LogP contribution is -2.28. The number of methoxy groups -OCH3 is 4. The monoisotopic (exact) mass is 472 g/mol. The van der Waals surface area contributed by atoms with Gasteiger partial charge in [0.25, 0.3) is 0 Å². The number of aryl methyl sites for hydroxylation is 1. The fraction of sp³-hybridized carbons (Fsp3) is 0.300. The molecular formula is C30H34NO4+. The average Bonchev–Trinajstić information content (AvgIpc) is 2.86. The fourth-order valence-electron chi connectivity index (χ4n) is 4.44. The number of fused-ring (bicyclic) bond motifs is 1. The van der Waals surface area contributed by atoms with Crippen molar-refractivity contribution in [1.82, 2.24) is 0 Å². The molecule has 0 spiro atoms. The summed E-state index contributed by atoms with van der Waals surface area (Å²) in [5.41, 5.74) is 6.57. The van der Waals surface area contributed by atoms with E-state index in [1.807, 2.05) is 25.2 Å². The summed E-state index contributed by atoms with van der Waals surface area (Å²) in [7, 11) is 8.69. The molecular weight excluding hydrogens is 438 g/mol. The molecule has 0 fully saturated rings. The van der Waals surface area contributed by atoms with Crippen LogP contribution in [0.15, 0.2) is 60.8 Å². The number of nitrogens with zero attached hydrogens (tertiary/aromatic N) is 1. The first-order chi connectivity index (χ1) is 16.7. The predicted molar refractivity (Wildman–Crippen MR) is 141 cm³/mol. The largest absolute Gasteiger partial charge is 0.493 e. The number of pyridine rings is 1. The second-order valence-corrected chi connectivity index (χ2v) is 9.69. The minimum absolute atomic E-state index is 0.0890. The van der Waals surface area contributed by atoms with Gasteiger partial charge in [-0.1, -0.05) is 45.0 Å². The van der Waals surface area contributed by atoms with E-state index in [1.165, 1.54) is 5.56 Å². The molecule has 0 aliphatic heterocycles. The average molecular weight is 473 g/mol. The first-order valence-corrected chi connectivity index (χ1v) is 11.6. The Bertz CT molecular complexity index is 1370. The summed E-state index contributed by atoms with van der Waals surface area (Å²) in [6.07, 6.45) is 2.11. The summed E-state index contributed by atoms with van der Waals surface area (Å²) in [4.78, 5) is 0. The zero-order valence-electron chi connectivity index (χ0n) is 21.9. The summed E-state index contributed by atoms with van der Waals surface area (Å²) in [5.74, 6) is 2.81. The van der Waals surface area contributed by atoms with Crippen LogP contribution in [0.3, 0.4) is 0 Å². The lowest BCUT2D eigenvalue weighted by Gasteiger charge is -2.20. The van der Waals surface area contributed by atoms with Crippen LogP contribution in [0, 0.1) is 0 Å². The van der Waals surface area contributed by atoms with Crippen LogP contribution < -0.4 is 23.5 Å². The molecule has 0 N–H and O–H groups in total. The lowest BCUT2D eigenvalue weighted by atomic mass is 9.86. The van der Waals surface area contributed by atoms with Gasteiger partial charge in [0.2, 0.25) is 5.52 Å². The quantitative estimate of drug-likeness (QED) is 0.308. The molecule has 1 aromatic heterocycles. The van der Waals surface area contributed by atoms with E-state index in [-0.39, 0.29) is 5.41 Å². The molecule has 0 unspecified atom stereocenters. The van der Waals surface area contributed by atoms with E-state index in [9.17, 15) is 0 Å². The van der Waals surface area contributed by atoms with Crippen molar-refractivity contribution < 1.29 is 23.5 Å². The molecule has 182 valence electrons. The van der Waals surface area contributed by atoms with Crippen LogP contribution >= 0.6 is 0 Å². The van der Waals surface area contributed by atoms with Gasteiger partial charge in [-0.05, 0) is 46.4 Å². The minimum atomic E-state index is 0.0890. The van der Waals surface area contributed by atoms with Gasteiger partial charge in [0, 0.05) is 11.1 Å². The van der Waals surface area contributed by atoms with Crippen LogP contribution in [0.1, 0.15) is 26.3 Å². The molecule has 4 rings (SSSR count). The number of aromatic nitrogens is 1. The maximum Gasteiger partial charge on any atom is 0.216 e. The first kappa shape index (κ1) is 24.4. The highest BCUT2D eigenvalue weighted by Crippen LogP contribution is 2.43. The van der Waals surface area contributed by atoms with Crippen molar-refractivity contribution in [2.24, 2.45) is 7.05 Å². The van der Waals surface area contributed by atoms with Gasteiger partial charge in [0.1, 0.15) is 7.05 Å². The molecule has 5 heteroatoms. The standard InChI is InChI=1S/C30H34NO4/c1-30(2,3)23-11-9-19(10-12-23)24-14-20(15-28(34-7)29(24)35-8)22-13-21-16-26(32-5)27(33-6)17-25(21)31(4)18-22/h9-18H,1-8H3/q+1. The Balaban J connectivity index is 1.91. The number of hydrogen-bond acceptors (Lipinski definition) is 4. The van der Waals surface area contributed by atoms with Crippen LogP contribution in [0.5, 0.6) is 23.0 Å². The van der Waals surface area contributed by atoms with E-state index in [4.69, 9.17) is 18.9 Å². The smallest absolute Gasteiger partial charge is 0.216 e. The third-order valence-electron chi connectivity index (χ3n) is 6.43. The van der Waals surface area contributed by atoms with E-state index in [0.29, 0.717) is 17.2 Å². The van der Waals surface area contributed by atoms with E-state index >= 15 is 0 Å². The van der Waals surface area contributed by atoms with E-state index in [0.717, 1.165) is 38.9 Å². The maximum atomic E-state index is 5.80. The first-order valence-electron chi connectivity index (χ1n) is 11.6. The second kappa shape index (κ2) is 9.49. The second-order valence-electron chi connectivity index (χ2n) is 9.69. The Morgan fingerprint density at radius 2 is 1.26 bits per heavy atom. The van der Waals surface area contributed by atoms with Crippen molar-refractivity contribution in [2.75, 3.05) is 28.4 Å². The van der Waals surface area contributed by atoms with Gasteiger partial charge in [0.15, 0.2) is 29.2 Å². The molecule has 0 aliphatic carbocycles. The Morgan fingerprint density at radius 3 is 1.83 bits per heavy atom. The molecule has 4 aromatic rings. The summed E-state index contributed by atoms with van der Waals surface area (Å²) in [5, 5.41) is 1.05. The normalized spacial score (nSPS) is 11.4. The SMILES string of the molecule is COc1cc2cc(-c3cc(OC)c(OC)c(-c4ccc(C(C)(C)C)cc4)c3)c[n+](C)c2cc1OC. The fourth-order valence-corrected chi connectivity index (χ4v) is 4.44. The maximum absolute atomic E-state index is 5.80. The molecule has 0 amide bonds. The molecule has 3 aromatic carbocycles. The van der Waals surface area contributed by atoms with E-state index < -0.39 is 0 Å². The highest BCUT2D eigenvalue weighted by Gasteiger charge is 2.20. The summed E-state index contributed by atoms with van der Waals surface area (Å²) >= 11 is 0. The lowest BCUT2D eigenvalue weighted by molar-refractivity contribution is -0.644. The Morgan fingerprint density at radius 1 is 0.629 bits per heavy atom. The van der Waals surface area contributed by atoms with Crippen LogP contribution in [0.4, 0.5) is 0 Å². The van der Waals surface area contributed by atoms with Gasteiger partial charge < -0.3 is 18.9 Å². The van der Waals surface area contributed by atoms with Crippen molar-refractivity contribution in [3.05, 3.63) is 66.4 Å². The van der Waals surface area contributed by atoms with Gasteiger partial charge in [-0.15, -0.1) is 0 Å². The zero-order valence-corrected chi connectivity index (χ0v) is 21.9. The molecule has 0 saturated carbocycles. The molecule has 0 saturated heterocycles. The van der Waals surface area contributed by atoms with Crippen LogP contribution in [0.25, 0.3) is 33.2 Å². The Hall–Kier alpha value is -3.73. The van der Waals surface area contributed by atoms with Crippen molar-refractivity contribution in [3.63, 3.8) is 0 Å². The molecule has 0 radical (unpaired) electrons. The van der Waals surface area contributed by atoms with E-state index in [2.05, 4.69) is 67.9 Å². The molecule has 35 heavy (non-hydrogen) atoms. The highest BCUT2D eigenvalue weighted by atomic mass is 16.5. The summed E-state index contributed by atoms with van der Waals surface area (Å²) < 4.78 is 24.7. The number of hydrogen-bond donors (Lipinski definition) is 0. The molecule has 0 bridgehead atoms. The number of benzene rings is 3. The molecule has 5 nitrogen and oxygen atoms in total. The van der Waals surface area contributed by atoms with Crippen LogP contribution in [-0.4, -0.2) is 28.4 Å². The molecule has 0 aliphatic rings. The van der Waals surface area contributed by atoms with Gasteiger partial charge in [-0.25, -0.2) is 4.57 Å². The van der Waals surface area contributed by atoms with Crippen molar-refractivity contribution in [1.29, 1.82) is 0 Å². The van der Waals surface area contributed by atoms with E-state index in [1.54, 1.807) is 28.4 Å². The molecule has 1 heterocycles. The van der Waals surface area contributed by atoms with Gasteiger partial charge in [0.05, 0.1) is 39.9 Å². The summed E-state index contributed by atoms with van der Waals surface area (Å²) in [6.45, 7) is 6.66. The Kier molecular flexibility index (Phi) is 6.62. The summed E-state index contributed by atoms with van der Waals surface area (Å²) in [6, 6.07) is 19.0. The van der Waals surface area contributed by atoms with Crippen molar-refractivity contribution in [3.8, 4) is 45.3 Å². The van der Waals surface area contributed by atoms with Gasteiger partial charge >= 0.3 is 0 Å². The predicted octanol–water partition coefficient (Wildman–Crippen LogP) is 6.33. The van der Waals surface area contributed by atoms with Crippen LogP contribution in [-0.2, 0) is 12.5 Å². The third-order valence-corrected chi connectivity index (χ3v) is 6.43. The number of rotatable bonds is 6. The minimum Gasteiger partial charge on any atom is -0.493 e. The topological polar surface area (TPSA) is 40.8 Å². The zero-order chi connectivity index (χ0) is 25.3. The van der Waals surface area contributed by atoms with Gasteiger partial charge in [-0.3, -0.25) is 0 Å². The van der Waals surface area contributed by atoms with Crippen molar-refractivity contribution >= 4 is 10.9 Å². The Labute approximate surface area is 207 Å². The van der Waals surface area contributed by atoms with Crippen molar-refractivity contribution in [2.45, 2.75) is 26.2 Å². The molecule has 0 atom stereocenters. The number of ether oxygens (including phenoxy) is 4. The highest BCUT2D eigenvalue weighted by molar-refractivity contribution is 5.86.